The average Bonchev–Trinajstić information content (AvgIpc) is 2.18. The minimum absolute atomic E-state index is 0.315. The molecule has 0 bridgehead atoms. The zero-order valence-electron chi connectivity index (χ0n) is 5.09. The maximum atomic E-state index is 9.00. The molecule has 0 atom stereocenters. The summed E-state index contributed by atoms with van der Waals surface area (Å²) in [4.78, 5) is 2.89. The van der Waals surface area contributed by atoms with Crippen molar-refractivity contribution in [3.05, 3.63) is 30.6 Å². The van der Waals surface area contributed by atoms with Gasteiger partial charge >= 0.3 is 0 Å². The van der Waals surface area contributed by atoms with Crippen LogP contribution in [-0.4, -0.2) is 10.1 Å². The van der Waals surface area contributed by atoms with Gasteiger partial charge in [-0.2, -0.15) is 0 Å². The summed E-state index contributed by atoms with van der Waals surface area (Å²) in [6.07, 6.45) is 4.14. The van der Waals surface area contributed by atoms with Crippen LogP contribution in [0.4, 0.5) is 0 Å². The van der Waals surface area contributed by atoms with Gasteiger partial charge in [0.25, 0.3) is 0 Å². The van der Waals surface area contributed by atoms with Gasteiger partial charge < -0.3 is 10.1 Å². The minimum atomic E-state index is 0.315. The Kier molecular flexibility index (Phi) is 1.58. The van der Waals surface area contributed by atoms with Crippen LogP contribution in [0.25, 0.3) is 0 Å². The lowest BCUT2D eigenvalue weighted by atomic mass is 10.3. The summed E-state index contributed by atoms with van der Waals surface area (Å²) in [5.41, 5.74) is 0.824. The quantitative estimate of drug-likeness (QED) is 0.573. The van der Waals surface area contributed by atoms with Crippen LogP contribution in [0, 0.1) is 0 Å². The number of H-pyrrole nitrogens is 1. The summed E-state index contributed by atoms with van der Waals surface area (Å²) >= 11 is 0. The maximum absolute atomic E-state index is 9.00. The number of aromatic nitrogens is 1. The molecule has 9 heavy (non-hydrogen) atoms. The van der Waals surface area contributed by atoms with E-state index >= 15 is 0 Å². The molecule has 1 aromatic heterocycles. The van der Waals surface area contributed by atoms with E-state index in [4.69, 9.17) is 5.11 Å². The highest BCUT2D eigenvalue weighted by molar-refractivity contribution is 5.27. The standard InChI is InChI=1S/C7H9NO/c1-2-3-6-7(9)4-5-8-6/h2,4-5,8-9H,1,3H2. The van der Waals surface area contributed by atoms with Gasteiger partial charge in [-0.05, 0) is 6.07 Å². The highest BCUT2D eigenvalue weighted by atomic mass is 16.3. The molecule has 2 nitrogen and oxygen atoms in total. The molecule has 0 saturated carbocycles. The Labute approximate surface area is 53.8 Å². The Bertz CT molecular complexity index is 202. The van der Waals surface area contributed by atoms with Gasteiger partial charge in [-0.15, -0.1) is 6.58 Å². The molecule has 0 unspecified atom stereocenters. The molecule has 0 amide bonds. The van der Waals surface area contributed by atoms with E-state index in [0.29, 0.717) is 12.2 Å². The fourth-order valence-corrected chi connectivity index (χ4v) is 0.704. The number of hydrogen-bond acceptors (Lipinski definition) is 1. The maximum Gasteiger partial charge on any atom is 0.136 e. The van der Waals surface area contributed by atoms with Crippen molar-refractivity contribution in [1.82, 2.24) is 4.98 Å². The van der Waals surface area contributed by atoms with Crippen molar-refractivity contribution in [2.75, 3.05) is 0 Å². The number of aromatic hydroxyl groups is 1. The molecule has 0 fully saturated rings. The van der Waals surface area contributed by atoms with Crippen molar-refractivity contribution in [3.63, 3.8) is 0 Å². The molecule has 1 rings (SSSR count). The molecule has 48 valence electrons. The molecule has 0 spiro atoms. The SMILES string of the molecule is C=CCc1[nH]ccc1O. The molecule has 0 saturated heterocycles. The Morgan fingerprint density at radius 3 is 3.00 bits per heavy atom. The van der Waals surface area contributed by atoms with Crippen LogP contribution in [0.2, 0.25) is 0 Å². The summed E-state index contributed by atoms with van der Waals surface area (Å²) in [5.74, 6) is 0.315. The normalized spacial score (nSPS) is 9.33. The number of allylic oxidation sites excluding steroid dienone is 1. The summed E-state index contributed by atoms with van der Waals surface area (Å²) in [7, 11) is 0. The first-order valence-electron chi connectivity index (χ1n) is 2.80. The third kappa shape index (κ3) is 1.13. The van der Waals surface area contributed by atoms with E-state index in [9.17, 15) is 0 Å². The van der Waals surface area contributed by atoms with E-state index in [2.05, 4.69) is 11.6 Å². The van der Waals surface area contributed by atoms with Crippen LogP contribution in [-0.2, 0) is 6.42 Å². The van der Waals surface area contributed by atoms with Crippen LogP contribution in [0.5, 0.6) is 5.75 Å². The zero-order chi connectivity index (χ0) is 6.69. The molecule has 1 aromatic rings. The van der Waals surface area contributed by atoms with Crippen LogP contribution < -0.4 is 0 Å². The topological polar surface area (TPSA) is 36.0 Å². The number of nitrogens with one attached hydrogen (secondary N) is 1. The highest BCUT2D eigenvalue weighted by Gasteiger charge is 1.95. The fraction of sp³-hybridized carbons (Fsp3) is 0.143. The van der Waals surface area contributed by atoms with E-state index in [1.165, 1.54) is 0 Å². The first-order valence-corrected chi connectivity index (χ1v) is 2.80. The molecule has 0 aliphatic rings. The predicted octanol–water partition coefficient (Wildman–Crippen LogP) is 1.45. The van der Waals surface area contributed by atoms with Gasteiger partial charge in [-0.25, -0.2) is 0 Å². The Balaban J connectivity index is 2.80. The molecule has 2 heteroatoms. The van der Waals surface area contributed by atoms with Crippen LogP contribution >= 0.6 is 0 Å². The second-order valence-corrected chi connectivity index (χ2v) is 1.83. The van der Waals surface area contributed by atoms with Gasteiger partial charge in [0.15, 0.2) is 0 Å². The molecular weight excluding hydrogens is 114 g/mol. The van der Waals surface area contributed by atoms with Crippen molar-refractivity contribution in [2.24, 2.45) is 0 Å². The van der Waals surface area contributed by atoms with Gasteiger partial charge in [0, 0.05) is 12.6 Å². The molecule has 0 aromatic carbocycles. The van der Waals surface area contributed by atoms with Crippen LogP contribution in [0.3, 0.4) is 0 Å². The van der Waals surface area contributed by atoms with Crippen molar-refractivity contribution in [3.8, 4) is 5.75 Å². The smallest absolute Gasteiger partial charge is 0.136 e. The molecular formula is C7H9NO. The summed E-state index contributed by atoms with van der Waals surface area (Å²) in [6.45, 7) is 3.55. The number of hydrogen-bond donors (Lipinski definition) is 2. The Morgan fingerprint density at radius 1 is 1.78 bits per heavy atom. The van der Waals surface area contributed by atoms with Gasteiger partial charge in [0.1, 0.15) is 5.75 Å². The van der Waals surface area contributed by atoms with Crippen LogP contribution in [0.1, 0.15) is 5.69 Å². The van der Waals surface area contributed by atoms with E-state index in [-0.39, 0.29) is 0 Å². The van der Waals surface area contributed by atoms with Gasteiger partial charge in [-0.1, -0.05) is 6.08 Å². The molecule has 1 heterocycles. The average molecular weight is 123 g/mol. The highest BCUT2D eigenvalue weighted by Crippen LogP contribution is 2.13. The van der Waals surface area contributed by atoms with E-state index in [1.807, 2.05) is 0 Å². The van der Waals surface area contributed by atoms with Crippen molar-refractivity contribution >= 4 is 0 Å². The van der Waals surface area contributed by atoms with Crippen LogP contribution in [0.15, 0.2) is 24.9 Å². The zero-order valence-corrected chi connectivity index (χ0v) is 5.09. The van der Waals surface area contributed by atoms with E-state index in [0.717, 1.165) is 5.69 Å². The third-order valence-corrected chi connectivity index (χ3v) is 1.16. The first-order chi connectivity index (χ1) is 4.34. The Morgan fingerprint density at radius 2 is 2.56 bits per heavy atom. The molecule has 0 aliphatic carbocycles. The fourth-order valence-electron chi connectivity index (χ4n) is 0.704. The summed E-state index contributed by atoms with van der Waals surface area (Å²) < 4.78 is 0. The van der Waals surface area contributed by atoms with Gasteiger partial charge in [0.2, 0.25) is 0 Å². The van der Waals surface area contributed by atoms with Crippen molar-refractivity contribution in [2.45, 2.75) is 6.42 Å². The number of rotatable bonds is 2. The molecule has 0 aliphatic heterocycles. The third-order valence-electron chi connectivity index (χ3n) is 1.16. The second-order valence-electron chi connectivity index (χ2n) is 1.83. The van der Waals surface area contributed by atoms with Crippen molar-refractivity contribution in [1.29, 1.82) is 0 Å². The summed E-state index contributed by atoms with van der Waals surface area (Å²) in [5, 5.41) is 9.00. The second kappa shape index (κ2) is 2.40. The minimum Gasteiger partial charge on any atom is -0.506 e. The monoisotopic (exact) mass is 123 g/mol. The lowest BCUT2D eigenvalue weighted by Gasteiger charge is -1.89. The van der Waals surface area contributed by atoms with Gasteiger partial charge in [0.05, 0.1) is 5.69 Å². The first kappa shape index (κ1) is 5.95. The predicted molar refractivity (Wildman–Crippen MR) is 36.4 cm³/mol. The number of aromatic amines is 1. The summed E-state index contributed by atoms with van der Waals surface area (Å²) in [6, 6.07) is 1.62. The largest absolute Gasteiger partial charge is 0.506 e. The van der Waals surface area contributed by atoms with E-state index in [1.54, 1.807) is 18.3 Å². The lowest BCUT2D eigenvalue weighted by molar-refractivity contribution is 0.470. The van der Waals surface area contributed by atoms with Crippen molar-refractivity contribution < 1.29 is 5.11 Å². The lowest BCUT2D eigenvalue weighted by Crippen LogP contribution is -1.78. The van der Waals surface area contributed by atoms with E-state index < -0.39 is 0 Å². The molecule has 0 radical (unpaired) electrons. The molecule has 2 N–H and O–H groups in total. The Hall–Kier alpha value is -1.18. The van der Waals surface area contributed by atoms with Gasteiger partial charge in [-0.3, -0.25) is 0 Å².